The van der Waals surface area contributed by atoms with E-state index >= 15 is 0 Å². The Morgan fingerprint density at radius 2 is 1.73 bits per heavy atom. The number of aromatic nitrogens is 2. The molecule has 0 bridgehead atoms. The number of carbonyl (C=O) groups is 1. The van der Waals surface area contributed by atoms with Gasteiger partial charge in [0.1, 0.15) is 0 Å². The molecule has 1 aromatic carbocycles. The number of nitrogens with one attached hydrogen (secondary N) is 2. The summed E-state index contributed by atoms with van der Waals surface area (Å²) in [5.74, 6) is 0.561. The lowest BCUT2D eigenvalue weighted by molar-refractivity contribution is 0.220. The normalized spacial score (nSPS) is 10.2. The molecule has 0 saturated carbocycles. The predicted octanol–water partition coefficient (Wildman–Crippen LogP) is 2.80. The van der Waals surface area contributed by atoms with E-state index in [1.807, 2.05) is 26.0 Å². The molecule has 1 aromatic heterocycles. The zero-order valence-electron chi connectivity index (χ0n) is 13.3. The van der Waals surface area contributed by atoms with E-state index in [2.05, 4.69) is 26.7 Å². The van der Waals surface area contributed by atoms with E-state index in [0.29, 0.717) is 12.5 Å². The summed E-state index contributed by atoms with van der Waals surface area (Å²) in [5, 5.41) is 5.76. The Bertz CT molecular complexity index is 634. The fraction of sp³-hybridized carbons (Fsp3) is 0.312. The first-order valence-electron chi connectivity index (χ1n) is 7.07. The standard InChI is InChI=1S/C16H21N5O/c1-11-5-12(2)7-14(6-11)20-16(22)21(4)10-13-8-18-15(17-3)19-9-13/h5-9H,10H2,1-4H3,(H,20,22)(H,17,18,19). The second-order valence-electron chi connectivity index (χ2n) is 5.33. The van der Waals surface area contributed by atoms with E-state index < -0.39 is 0 Å². The number of nitrogens with zero attached hydrogens (tertiary/aromatic N) is 3. The van der Waals surface area contributed by atoms with Crippen molar-refractivity contribution in [1.82, 2.24) is 14.9 Å². The maximum absolute atomic E-state index is 12.2. The second kappa shape index (κ2) is 6.89. The molecule has 2 N–H and O–H groups in total. The molecule has 2 aromatic rings. The number of benzene rings is 1. The minimum atomic E-state index is -0.164. The van der Waals surface area contributed by atoms with Crippen LogP contribution in [0.5, 0.6) is 0 Å². The zero-order valence-corrected chi connectivity index (χ0v) is 13.3. The Morgan fingerprint density at radius 3 is 2.27 bits per heavy atom. The van der Waals surface area contributed by atoms with Crippen LogP contribution in [0.2, 0.25) is 0 Å². The molecule has 2 rings (SSSR count). The number of aryl methyl sites for hydroxylation is 2. The van der Waals surface area contributed by atoms with Crippen molar-refractivity contribution in [3.8, 4) is 0 Å². The van der Waals surface area contributed by atoms with Gasteiger partial charge in [-0.25, -0.2) is 14.8 Å². The average molecular weight is 299 g/mol. The van der Waals surface area contributed by atoms with Crippen molar-refractivity contribution in [2.75, 3.05) is 24.7 Å². The molecule has 0 fully saturated rings. The van der Waals surface area contributed by atoms with Gasteiger partial charge in [0.05, 0.1) is 6.54 Å². The van der Waals surface area contributed by atoms with Gasteiger partial charge in [-0.3, -0.25) is 0 Å². The quantitative estimate of drug-likeness (QED) is 0.910. The highest BCUT2D eigenvalue weighted by atomic mass is 16.2. The number of urea groups is 1. The van der Waals surface area contributed by atoms with Crippen LogP contribution in [-0.2, 0) is 6.54 Å². The SMILES string of the molecule is CNc1ncc(CN(C)C(=O)Nc2cc(C)cc(C)c2)cn1. The first-order chi connectivity index (χ1) is 10.5. The molecule has 0 unspecified atom stereocenters. The van der Waals surface area contributed by atoms with Crippen LogP contribution in [0.25, 0.3) is 0 Å². The molecule has 0 spiro atoms. The minimum absolute atomic E-state index is 0.164. The van der Waals surface area contributed by atoms with Crippen LogP contribution in [0.15, 0.2) is 30.6 Å². The third-order valence-corrected chi connectivity index (χ3v) is 3.17. The van der Waals surface area contributed by atoms with Crippen molar-refractivity contribution in [3.05, 3.63) is 47.3 Å². The highest BCUT2D eigenvalue weighted by Crippen LogP contribution is 2.14. The van der Waals surface area contributed by atoms with Crippen molar-refractivity contribution < 1.29 is 4.79 Å². The number of amides is 2. The Hall–Kier alpha value is -2.63. The zero-order chi connectivity index (χ0) is 16.1. The Kier molecular flexibility index (Phi) is 4.93. The number of hydrogen-bond donors (Lipinski definition) is 2. The van der Waals surface area contributed by atoms with Crippen LogP contribution in [0, 0.1) is 13.8 Å². The van der Waals surface area contributed by atoms with Crippen LogP contribution in [-0.4, -0.2) is 35.0 Å². The molecule has 0 saturated heterocycles. The molecule has 0 radical (unpaired) electrons. The molecule has 6 nitrogen and oxygen atoms in total. The molecule has 22 heavy (non-hydrogen) atoms. The van der Waals surface area contributed by atoms with Gasteiger partial charge in [-0.1, -0.05) is 6.07 Å². The average Bonchev–Trinajstić information content (AvgIpc) is 2.46. The molecule has 0 aliphatic carbocycles. The molecule has 2 amide bonds. The monoisotopic (exact) mass is 299 g/mol. The van der Waals surface area contributed by atoms with Gasteiger partial charge in [0, 0.05) is 37.7 Å². The van der Waals surface area contributed by atoms with Crippen molar-refractivity contribution in [2.24, 2.45) is 0 Å². The van der Waals surface area contributed by atoms with Crippen LogP contribution >= 0.6 is 0 Å². The number of anilines is 2. The maximum Gasteiger partial charge on any atom is 0.321 e. The van der Waals surface area contributed by atoms with Gasteiger partial charge < -0.3 is 15.5 Å². The van der Waals surface area contributed by atoms with Crippen molar-refractivity contribution in [2.45, 2.75) is 20.4 Å². The largest absolute Gasteiger partial charge is 0.357 e. The smallest absolute Gasteiger partial charge is 0.321 e. The fourth-order valence-electron chi connectivity index (χ4n) is 2.18. The lowest BCUT2D eigenvalue weighted by atomic mass is 10.1. The number of carbonyl (C=O) groups excluding carboxylic acids is 1. The van der Waals surface area contributed by atoms with E-state index in [1.54, 1.807) is 31.4 Å². The third kappa shape index (κ3) is 4.18. The van der Waals surface area contributed by atoms with E-state index in [1.165, 1.54) is 0 Å². The Morgan fingerprint density at radius 1 is 1.14 bits per heavy atom. The lowest BCUT2D eigenvalue weighted by Gasteiger charge is -2.18. The van der Waals surface area contributed by atoms with Crippen LogP contribution in [0.1, 0.15) is 16.7 Å². The van der Waals surface area contributed by atoms with E-state index in [-0.39, 0.29) is 6.03 Å². The maximum atomic E-state index is 12.2. The molecule has 116 valence electrons. The topological polar surface area (TPSA) is 70.2 Å². The first-order valence-corrected chi connectivity index (χ1v) is 7.07. The first kappa shape index (κ1) is 15.8. The summed E-state index contributed by atoms with van der Waals surface area (Å²) in [5.41, 5.74) is 3.91. The predicted molar refractivity (Wildman–Crippen MR) is 88.0 cm³/mol. The molecule has 0 atom stereocenters. The Labute approximate surface area is 130 Å². The minimum Gasteiger partial charge on any atom is -0.357 e. The summed E-state index contributed by atoms with van der Waals surface area (Å²) < 4.78 is 0. The van der Waals surface area contributed by atoms with Gasteiger partial charge in [-0.15, -0.1) is 0 Å². The van der Waals surface area contributed by atoms with Gasteiger partial charge in [0.25, 0.3) is 0 Å². The highest BCUT2D eigenvalue weighted by molar-refractivity contribution is 5.89. The number of hydrogen-bond acceptors (Lipinski definition) is 4. The highest BCUT2D eigenvalue weighted by Gasteiger charge is 2.10. The summed E-state index contributed by atoms with van der Waals surface area (Å²) in [6.45, 7) is 4.46. The fourth-order valence-corrected chi connectivity index (χ4v) is 2.18. The second-order valence-corrected chi connectivity index (χ2v) is 5.33. The molecular formula is C16H21N5O. The molecule has 6 heteroatoms. The summed E-state index contributed by atoms with van der Waals surface area (Å²) in [7, 11) is 3.50. The van der Waals surface area contributed by atoms with Crippen LogP contribution in [0.4, 0.5) is 16.4 Å². The van der Waals surface area contributed by atoms with Crippen molar-refractivity contribution >= 4 is 17.7 Å². The van der Waals surface area contributed by atoms with E-state index in [4.69, 9.17) is 0 Å². The number of rotatable bonds is 4. The van der Waals surface area contributed by atoms with Gasteiger partial charge in [0.2, 0.25) is 5.95 Å². The van der Waals surface area contributed by atoms with Gasteiger partial charge in [-0.2, -0.15) is 0 Å². The lowest BCUT2D eigenvalue weighted by Crippen LogP contribution is -2.31. The van der Waals surface area contributed by atoms with Crippen molar-refractivity contribution in [1.29, 1.82) is 0 Å². The molecular weight excluding hydrogens is 278 g/mol. The Balaban J connectivity index is 1.99. The molecule has 1 heterocycles. The molecule has 0 aliphatic rings. The van der Waals surface area contributed by atoms with Crippen LogP contribution in [0.3, 0.4) is 0 Å². The van der Waals surface area contributed by atoms with E-state index in [0.717, 1.165) is 22.4 Å². The van der Waals surface area contributed by atoms with Crippen LogP contribution < -0.4 is 10.6 Å². The summed E-state index contributed by atoms with van der Waals surface area (Å²) >= 11 is 0. The van der Waals surface area contributed by atoms with Gasteiger partial charge in [0.15, 0.2) is 0 Å². The van der Waals surface area contributed by atoms with Crippen molar-refractivity contribution in [3.63, 3.8) is 0 Å². The third-order valence-electron chi connectivity index (χ3n) is 3.17. The summed E-state index contributed by atoms with van der Waals surface area (Å²) in [4.78, 5) is 22.1. The van der Waals surface area contributed by atoms with E-state index in [9.17, 15) is 4.79 Å². The van der Waals surface area contributed by atoms with Gasteiger partial charge >= 0.3 is 6.03 Å². The van der Waals surface area contributed by atoms with Gasteiger partial charge in [-0.05, 0) is 37.1 Å². The summed E-state index contributed by atoms with van der Waals surface area (Å²) in [6, 6.07) is 5.80. The molecule has 0 aliphatic heterocycles. The summed E-state index contributed by atoms with van der Waals surface area (Å²) in [6.07, 6.45) is 3.42.